The fourth-order valence-electron chi connectivity index (χ4n) is 4.82. The monoisotopic (exact) mass is 379 g/mol. The number of aryl methyl sites for hydroxylation is 2. The van der Waals surface area contributed by atoms with Gasteiger partial charge in [0.25, 0.3) is 0 Å². The van der Waals surface area contributed by atoms with Crippen LogP contribution in [0, 0.1) is 19.8 Å². The molecule has 4 rings (SSSR count). The first-order valence-electron chi connectivity index (χ1n) is 10.7. The van der Waals surface area contributed by atoms with Gasteiger partial charge in [0, 0.05) is 56.9 Å². The Hall–Kier alpha value is -2.07. The highest BCUT2D eigenvalue weighted by atomic mass is 16.2. The molecule has 2 aliphatic heterocycles. The van der Waals surface area contributed by atoms with E-state index in [2.05, 4.69) is 54.0 Å². The molecule has 28 heavy (non-hydrogen) atoms. The third kappa shape index (κ3) is 3.88. The molecule has 1 aliphatic carbocycles. The average Bonchev–Trinajstić information content (AvgIpc) is 3.08. The van der Waals surface area contributed by atoms with Gasteiger partial charge in [0.1, 0.15) is 0 Å². The lowest BCUT2D eigenvalue weighted by Crippen LogP contribution is -2.47. The zero-order chi connectivity index (χ0) is 19.7. The van der Waals surface area contributed by atoms with Crippen molar-refractivity contribution >= 4 is 11.6 Å². The van der Waals surface area contributed by atoms with Gasteiger partial charge in [-0.2, -0.15) is 0 Å². The van der Waals surface area contributed by atoms with Crippen LogP contribution in [0.4, 0.5) is 5.69 Å². The summed E-state index contributed by atoms with van der Waals surface area (Å²) >= 11 is 0. The van der Waals surface area contributed by atoms with Crippen molar-refractivity contribution in [3.8, 4) is 0 Å². The number of carbonyl (C=O) groups is 1. The van der Waals surface area contributed by atoms with Crippen LogP contribution < -0.4 is 4.90 Å². The summed E-state index contributed by atoms with van der Waals surface area (Å²) in [4.78, 5) is 19.2. The van der Waals surface area contributed by atoms with Gasteiger partial charge in [0.05, 0.1) is 0 Å². The van der Waals surface area contributed by atoms with Crippen molar-refractivity contribution < 1.29 is 4.79 Å². The van der Waals surface area contributed by atoms with E-state index in [1.54, 1.807) is 6.92 Å². The molecule has 1 amide bonds. The molecule has 1 saturated heterocycles. The van der Waals surface area contributed by atoms with E-state index in [0.29, 0.717) is 5.92 Å². The number of hydrogen-bond donors (Lipinski definition) is 0. The number of anilines is 1. The Bertz CT molecular complexity index is 802. The Balaban J connectivity index is 1.31. The van der Waals surface area contributed by atoms with Gasteiger partial charge in [-0.3, -0.25) is 9.69 Å². The third-order valence-electron chi connectivity index (χ3n) is 6.75. The quantitative estimate of drug-likeness (QED) is 0.794. The summed E-state index contributed by atoms with van der Waals surface area (Å²) in [5.74, 6) is 0.709. The standard InChI is InChI=1S/C24H33N3O/c1-18-8-9-22(16-19(18)2)26-14-12-25(13-15-26)11-10-21-17-27(20(3)28)24-7-5-4-6-23(21)24/h4,6,8-9,16,21H,5,7,10-15,17H2,1-3H3. The van der Waals surface area contributed by atoms with Gasteiger partial charge in [-0.1, -0.05) is 18.2 Å². The molecule has 4 heteroatoms. The van der Waals surface area contributed by atoms with E-state index in [0.717, 1.165) is 58.5 Å². The predicted molar refractivity (Wildman–Crippen MR) is 115 cm³/mol. The molecule has 1 unspecified atom stereocenters. The first kappa shape index (κ1) is 19.3. The Kier molecular flexibility index (Phi) is 5.58. The maximum absolute atomic E-state index is 12.0. The maximum Gasteiger partial charge on any atom is 0.223 e. The molecule has 0 bridgehead atoms. The van der Waals surface area contributed by atoms with Crippen LogP contribution in [-0.4, -0.2) is 55.0 Å². The van der Waals surface area contributed by atoms with Crippen LogP contribution in [0.1, 0.15) is 37.3 Å². The summed E-state index contributed by atoms with van der Waals surface area (Å²) in [5.41, 5.74) is 6.82. The van der Waals surface area contributed by atoms with E-state index in [-0.39, 0.29) is 5.91 Å². The number of piperazine rings is 1. The Morgan fingerprint density at radius 3 is 2.61 bits per heavy atom. The van der Waals surface area contributed by atoms with Crippen molar-refractivity contribution in [2.24, 2.45) is 5.92 Å². The summed E-state index contributed by atoms with van der Waals surface area (Å²) < 4.78 is 0. The molecule has 2 heterocycles. The number of nitrogens with zero attached hydrogens (tertiary/aromatic N) is 3. The molecule has 1 aromatic carbocycles. The molecule has 0 saturated carbocycles. The summed E-state index contributed by atoms with van der Waals surface area (Å²) in [7, 11) is 0. The van der Waals surface area contributed by atoms with Gasteiger partial charge in [-0.25, -0.2) is 0 Å². The highest BCUT2D eigenvalue weighted by Crippen LogP contribution is 2.37. The molecule has 4 nitrogen and oxygen atoms in total. The van der Waals surface area contributed by atoms with Gasteiger partial charge in [0.2, 0.25) is 5.91 Å². The molecular formula is C24H33N3O. The zero-order valence-electron chi connectivity index (χ0n) is 17.6. The van der Waals surface area contributed by atoms with Gasteiger partial charge in [-0.05, 0) is 68.5 Å². The maximum atomic E-state index is 12.0. The first-order chi connectivity index (χ1) is 13.5. The smallest absolute Gasteiger partial charge is 0.223 e. The minimum absolute atomic E-state index is 0.201. The molecule has 150 valence electrons. The summed E-state index contributed by atoms with van der Waals surface area (Å²) in [6, 6.07) is 6.82. The zero-order valence-corrected chi connectivity index (χ0v) is 17.6. The Morgan fingerprint density at radius 2 is 1.89 bits per heavy atom. The number of amides is 1. The van der Waals surface area contributed by atoms with Gasteiger partial charge < -0.3 is 9.80 Å². The predicted octanol–water partition coefficient (Wildman–Crippen LogP) is 3.90. The number of rotatable bonds is 4. The molecular weight excluding hydrogens is 346 g/mol. The van der Waals surface area contributed by atoms with Crippen LogP contribution in [0.2, 0.25) is 0 Å². The normalized spacial score (nSPS) is 22.8. The van der Waals surface area contributed by atoms with Gasteiger partial charge in [0.15, 0.2) is 0 Å². The van der Waals surface area contributed by atoms with Gasteiger partial charge >= 0.3 is 0 Å². The highest BCUT2D eigenvalue weighted by Gasteiger charge is 2.33. The molecule has 0 spiro atoms. The fraction of sp³-hybridized carbons (Fsp3) is 0.542. The highest BCUT2D eigenvalue weighted by molar-refractivity contribution is 5.76. The van der Waals surface area contributed by atoms with Crippen LogP contribution in [0.3, 0.4) is 0 Å². The fourth-order valence-corrected chi connectivity index (χ4v) is 4.82. The summed E-state index contributed by atoms with van der Waals surface area (Å²) in [5, 5.41) is 0. The lowest BCUT2D eigenvalue weighted by Gasteiger charge is -2.36. The minimum atomic E-state index is 0.201. The van der Waals surface area contributed by atoms with Crippen molar-refractivity contribution in [3.63, 3.8) is 0 Å². The van der Waals surface area contributed by atoms with Crippen molar-refractivity contribution in [2.75, 3.05) is 44.2 Å². The number of hydrogen-bond acceptors (Lipinski definition) is 3. The molecule has 3 aliphatic rings. The first-order valence-corrected chi connectivity index (χ1v) is 10.7. The third-order valence-corrected chi connectivity index (χ3v) is 6.75. The second-order valence-corrected chi connectivity index (χ2v) is 8.56. The molecule has 0 aromatic heterocycles. The van der Waals surface area contributed by atoms with E-state index < -0.39 is 0 Å². The van der Waals surface area contributed by atoms with E-state index in [1.165, 1.54) is 28.1 Å². The lowest BCUT2D eigenvalue weighted by atomic mass is 9.93. The topological polar surface area (TPSA) is 26.8 Å². The van der Waals surface area contributed by atoms with Crippen LogP contribution in [-0.2, 0) is 4.79 Å². The summed E-state index contributed by atoms with van der Waals surface area (Å²) in [6.45, 7) is 12.5. The second-order valence-electron chi connectivity index (χ2n) is 8.56. The molecule has 1 fully saturated rings. The number of carbonyl (C=O) groups excluding carboxylic acids is 1. The Labute approximate surface area is 169 Å². The second kappa shape index (κ2) is 8.12. The lowest BCUT2D eigenvalue weighted by molar-refractivity contribution is -0.126. The molecule has 1 aromatic rings. The van der Waals surface area contributed by atoms with Gasteiger partial charge in [-0.15, -0.1) is 0 Å². The van der Waals surface area contributed by atoms with Crippen LogP contribution in [0.15, 0.2) is 41.6 Å². The van der Waals surface area contributed by atoms with Crippen molar-refractivity contribution in [1.82, 2.24) is 9.80 Å². The molecule has 0 N–H and O–H groups in total. The molecule has 0 radical (unpaired) electrons. The minimum Gasteiger partial charge on any atom is -0.369 e. The van der Waals surface area contributed by atoms with E-state index >= 15 is 0 Å². The van der Waals surface area contributed by atoms with E-state index in [4.69, 9.17) is 0 Å². The largest absolute Gasteiger partial charge is 0.369 e. The number of allylic oxidation sites excluding steroid dienone is 3. The summed E-state index contributed by atoms with van der Waals surface area (Å²) in [6.07, 6.45) is 7.80. The van der Waals surface area contributed by atoms with Crippen molar-refractivity contribution in [1.29, 1.82) is 0 Å². The van der Waals surface area contributed by atoms with E-state index in [1.807, 2.05) is 4.90 Å². The van der Waals surface area contributed by atoms with Crippen LogP contribution in [0.5, 0.6) is 0 Å². The van der Waals surface area contributed by atoms with Crippen LogP contribution in [0.25, 0.3) is 0 Å². The van der Waals surface area contributed by atoms with Crippen molar-refractivity contribution in [2.45, 2.75) is 40.0 Å². The van der Waals surface area contributed by atoms with E-state index in [9.17, 15) is 4.79 Å². The van der Waals surface area contributed by atoms with Crippen molar-refractivity contribution in [3.05, 3.63) is 52.7 Å². The van der Waals surface area contributed by atoms with Crippen LogP contribution >= 0.6 is 0 Å². The average molecular weight is 380 g/mol. The molecule has 1 atom stereocenters. The Morgan fingerprint density at radius 1 is 1.11 bits per heavy atom. The number of benzene rings is 1. The SMILES string of the molecule is CC(=O)N1CC(CCN2CCN(c3ccc(C)c(C)c3)CC2)C2=C1CCC=C2.